The summed E-state index contributed by atoms with van der Waals surface area (Å²) in [6.07, 6.45) is 3.86. The van der Waals surface area contributed by atoms with Crippen LogP contribution in [0.2, 0.25) is 0 Å². The quantitative estimate of drug-likeness (QED) is 0.319. The molecule has 0 spiro atoms. The molecule has 4 heteroatoms. The Balaban J connectivity index is 2.26. The number of carbonyl (C=O) groups is 2. The van der Waals surface area contributed by atoms with Crippen LogP contribution in [-0.4, -0.2) is 25.2 Å². The Hall–Kier alpha value is -1.94. The SMILES string of the molecule is CCC(C)(C)C(=O)OCOCC(=O)/C=C/c1ccccc1. The van der Waals surface area contributed by atoms with Crippen molar-refractivity contribution in [1.29, 1.82) is 0 Å². The summed E-state index contributed by atoms with van der Waals surface area (Å²) in [5, 5.41) is 0. The standard InChI is InChI=1S/C17H22O4/c1-4-17(2,3)16(19)21-13-20-12-15(18)11-10-14-8-6-5-7-9-14/h5-11H,4,12-13H2,1-3H3/b11-10+. The molecule has 0 bridgehead atoms. The van der Waals surface area contributed by atoms with Crippen LogP contribution in [0.4, 0.5) is 0 Å². The van der Waals surface area contributed by atoms with Crippen LogP contribution in [0.5, 0.6) is 0 Å². The van der Waals surface area contributed by atoms with Crippen LogP contribution in [0.3, 0.4) is 0 Å². The first kappa shape index (κ1) is 17.1. The Morgan fingerprint density at radius 1 is 1.19 bits per heavy atom. The molecule has 0 saturated carbocycles. The van der Waals surface area contributed by atoms with Gasteiger partial charge >= 0.3 is 5.97 Å². The molecule has 4 nitrogen and oxygen atoms in total. The summed E-state index contributed by atoms with van der Waals surface area (Å²) in [4.78, 5) is 23.2. The van der Waals surface area contributed by atoms with Crippen molar-refractivity contribution in [2.75, 3.05) is 13.4 Å². The first-order chi connectivity index (χ1) is 9.95. The molecule has 0 atom stereocenters. The molecular weight excluding hydrogens is 268 g/mol. The predicted molar refractivity (Wildman–Crippen MR) is 81.5 cm³/mol. The van der Waals surface area contributed by atoms with Crippen molar-refractivity contribution in [3.05, 3.63) is 42.0 Å². The lowest BCUT2D eigenvalue weighted by Crippen LogP contribution is -2.27. The smallest absolute Gasteiger partial charge is 0.313 e. The van der Waals surface area contributed by atoms with Gasteiger partial charge in [-0.2, -0.15) is 0 Å². The Morgan fingerprint density at radius 2 is 1.86 bits per heavy atom. The third-order valence-corrected chi connectivity index (χ3v) is 3.22. The fraction of sp³-hybridized carbons (Fsp3) is 0.412. The van der Waals surface area contributed by atoms with Gasteiger partial charge in [-0.25, -0.2) is 0 Å². The van der Waals surface area contributed by atoms with Crippen molar-refractivity contribution >= 4 is 17.8 Å². The van der Waals surface area contributed by atoms with E-state index in [0.29, 0.717) is 6.42 Å². The van der Waals surface area contributed by atoms with Gasteiger partial charge in [0.05, 0.1) is 5.41 Å². The van der Waals surface area contributed by atoms with E-state index in [1.165, 1.54) is 6.08 Å². The van der Waals surface area contributed by atoms with Crippen molar-refractivity contribution in [2.45, 2.75) is 27.2 Å². The second-order valence-corrected chi connectivity index (χ2v) is 5.35. The van der Waals surface area contributed by atoms with Crippen LogP contribution in [0, 0.1) is 5.41 Å². The predicted octanol–water partition coefficient (Wildman–Crippen LogP) is 3.22. The maximum absolute atomic E-state index is 11.7. The highest BCUT2D eigenvalue weighted by molar-refractivity contribution is 5.94. The molecule has 0 fully saturated rings. The van der Waals surface area contributed by atoms with Crippen LogP contribution in [0.1, 0.15) is 32.8 Å². The zero-order valence-corrected chi connectivity index (χ0v) is 12.8. The molecule has 0 saturated heterocycles. The van der Waals surface area contributed by atoms with E-state index in [4.69, 9.17) is 9.47 Å². The van der Waals surface area contributed by atoms with Crippen molar-refractivity contribution in [1.82, 2.24) is 0 Å². The number of esters is 1. The lowest BCUT2D eigenvalue weighted by atomic mass is 9.91. The third kappa shape index (κ3) is 6.36. The van der Waals surface area contributed by atoms with Gasteiger partial charge in [-0.15, -0.1) is 0 Å². The van der Waals surface area contributed by atoms with Crippen LogP contribution in [-0.2, 0) is 19.1 Å². The van der Waals surface area contributed by atoms with Gasteiger partial charge in [0.2, 0.25) is 0 Å². The molecule has 0 aliphatic carbocycles. The van der Waals surface area contributed by atoms with Gasteiger partial charge in [0.25, 0.3) is 0 Å². The fourth-order valence-corrected chi connectivity index (χ4v) is 1.38. The van der Waals surface area contributed by atoms with Gasteiger partial charge in [0.15, 0.2) is 12.6 Å². The molecule has 1 rings (SSSR count). The normalized spacial score (nSPS) is 11.6. The van der Waals surface area contributed by atoms with Gasteiger partial charge in [-0.1, -0.05) is 43.3 Å². The maximum Gasteiger partial charge on any atom is 0.313 e. The molecule has 0 heterocycles. The van der Waals surface area contributed by atoms with E-state index in [1.54, 1.807) is 6.08 Å². The van der Waals surface area contributed by atoms with Crippen molar-refractivity contribution < 1.29 is 19.1 Å². The molecular formula is C17H22O4. The second kappa shape index (κ2) is 8.37. The van der Waals surface area contributed by atoms with E-state index in [0.717, 1.165) is 5.56 Å². The Morgan fingerprint density at radius 3 is 2.48 bits per heavy atom. The highest BCUT2D eigenvalue weighted by Crippen LogP contribution is 2.21. The van der Waals surface area contributed by atoms with Crippen LogP contribution >= 0.6 is 0 Å². The molecule has 0 unspecified atom stereocenters. The molecule has 114 valence electrons. The van der Waals surface area contributed by atoms with Crippen LogP contribution in [0.25, 0.3) is 6.08 Å². The summed E-state index contributed by atoms with van der Waals surface area (Å²) in [5.41, 5.74) is 0.419. The summed E-state index contributed by atoms with van der Waals surface area (Å²) in [5.74, 6) is -0.498. The van der Waals surface area contributed by atoms with Gasteiger partial charge < -0.3 is 9.47 Å². The summed E-state index contributed by atoms with van der Waals surface area (Å²) in [6.45, 7) is 5.22. The van der Waals surface area contributed by atoms with Crippen molar-refractivity contribution in [3.63, 3.8) is 0 Å². The van der Waals surface area contributed by atoms with E-state index in [2.05, 4.69) is 0 Å². The topological polar surface area (TPSA) is 52.6 Å². The zero-order chi connectivity index (χ0) is 15.7. The number of rotatable bonds is 8. The van der Waals surface area contributed by atoms with Crippen molar-refractivity contribution in [3.8, 4) is 0 Å². The number of ether oxygens (including phenoxy) is 2. The molecule has 1 aromatic rings. The highest BCUT2D eigenvalue weighted by atomic mass is 16.7. The molecule has 21 heavy (non-hydrogen) atoms. The number of hydrogen-bond acceptors (Lipinski definition) is 4. The monoisotopic (exact) mass is 290 g/mol. The summed E-state index contributed by atoms with van der Waals surface area (Å²) in [6, 6.07) is 9.51. The molecule has 0 radical (unpaired) electrons. The Labute approximate surface area is 125 Å². The molecule has 0 N–H and O–H groups in total. The number of benzene rings is 1. The first-order valence-electron chi connectivity index (χ1n) is 6.96. The number of hydrogen-bond donors (Lipinski definition) is 0. The minimum Gasteiger partial charge on any atom is -0.438 e. The number of ketones is 1. The second-order valence-electron chi connectivity index (χ2n) is 5.35. The first-order valence-corrected chi connectivity index (χ1v) is 6.96. The van der Waals surface area contributed by atoms with E-state index < -0.39 is 5.41 Å². The average molecular weight is 290 g/mol. The minimum absolute atomic E-state index is 0.108. The van der Waals surface area contributed by atoms with E-state index in [9.17, 15) is 9.59 Å². The van der Waals surface area contributed by atoms with Crippen LogP contribution < -0.4 is 0 Å². The van der Waals surface area contributed by atoms with Crippen molar-refractivity contribution in [2.24, 2.45) is 5.41 Å². The summed E-state index contributed by atoms with van der Waals surface area (Å²) < 4.78 is 10.0. The average Bonchev–Trinajstić information content (AvgIpc) is 2.50. The maximum atomic E-state index is 11.7. The minimum atomic E-state index is -0.527. The molecule has 0 aliphatic rings. The molecule has 1 aromatic carbocycles. The van der Waals surface area contributed by atoms with Gasteiger partial charge in [0, 0.05) is 0 Å². The van der Waals surface area contributed by atoms with E-state index >= 15 is 0 Å². The summed E-state index contributed by atoms with van der Waals surface area (Å²) >= 11 is 0. The molecule has 0 aliphatic heterocycles. The third-order valence-electron chi connectivity index (χ3n) is 3.22. The van der Waals surface area contributed by atoms with Gasteiger partial charge in [0.1, 0.15) is 6.61 Å². The Bertz CT molecular complexity index is 489. The van der Waals surface area contributed by atoms with E-state index in [1.807, 2.05) is 51.1 Å². The largest absolute Gasteiger partial charge is 0.438 e. The summed E-state index contributed by atoms with van der Waals surface area (Å²) in [7, 11) is 0. The van der Waals surface area contributed by atoms with Gasteiger partial charge in [-0.05, 0) is 31.9 Å². The molecule has 0 amide bonds. The number of carbonyl (C=O) groups excluding carboxylic acids is 2. The van der Waals surface area contributed by atoms with Crippen LogP contribution in [0.15, 0.2) is 36.4 Å². The fourth-order valence-electron chi connectivity index (χ4n) is 1.38. The lowest BCUT2D eigenvalue weighted by Gasteiger charge is -2.19. The zero-order valence-electron chi connectivity index (χ0n) is 12.8. The Kier molecular flexibility index (Phi) is 6.82. The van der Waals surface area contributed by atoms with E-state index in [-0.39, 0.29) is 25.2 Å². The lowest BCUT2D eigenvalue weighted by molar-refractivity contribution is -0.167. The van der Waals surface area contributed by atoms with Gasteiger partial charge in [-0.3, -0.25) is 9.59 Å². The highest BCUT2D eigenvalue weighted by Gasteiger charge is 2.26. The molecule has 0 aromatic heterocycles.